The van der Waals surface area contributed by atoms with Crippen molar-refractivity contribution in [3.8, 4) is 0 Å². The third-order valence-electron chi connectivity index (χ3n) is 3.71. The van der Waals surface area contributed by atoms with Gasteiger partial charge in [-0.25, -0.2) is 0 Å². The molecule has 2 heteroatoms. The van der Waals surface area contributed by atoms with Gasteiger partial charge in [0.15, 0.2) is 0 Å². The van der Waals surface area contributed by atoms with Gasteiger partial charge < -0.3 is 9.73 Å². The van der Waals surface area contributed by atoms with Crippen molar-refractivity contribution in [1.29, 1.82) is 0 Å². The van der Waals surface area contributed by atoms with Gasteiger partial charge in [0.25, 0.3) is 0 Å². The first kappa shape index (κ1) is 15.3. The van der Waals surface area contributed by atoms with Crippen molar-refractivity contribution in [1.82, 2.24) is 5.32 Å². The molecule has 0 spiro atoms. The third-order valence-corrected chi connectivity index (χ3v) is 3.71. The van der Waals surface area contributed by atoms with Crippen LogP contribution in [0.4, 0.5) is 0 Å². The molecule has 104 valence electrons. The molecule has 2 unspecified atom stereocenters. The molecule has 0 saturated heterocycles. The van der Waals surface area contributed by atoms with Gasteiger partial charge in [-0.05, 0) is 43.4 Å². The van der Waals surface area contributed by atoms with Gasteiger partial charge in [-0.3, -0.25) is 0 Å². The Kier molecular flexibility index (Phi) is 7.83. The smallest absolute Gasteiger partial charge is 0.0935 e. The summed E-state index contributed by atoms with van der Waals surface area (Å²) in [7, 11) is 0. The molecule has 1 N–H and O–H groups in total. The average molecular weight is 251 g/mol. The van der Waals surface area contributed by atoms with Crippen molar-refractivity contribution >= 4 is 0 Å². The number of nitrogens with one attached hydrogen (secondary N) is 1. The lowest BCUT2D eigenvalue weighted by Gasteiger charge is -2.27. The fourth-order valence-corrected chi connectivity index (χ4v) is 2.55. The number of unbranched alkanes of at least 4 members (excludes halogenated alkanes) is 1. The normalized spacial score (nSPS) is 14.6. The molecule has 0 fully saturated rings. The van der Waals surface area contributed by atoms with Gasteiger partial charge in [-0.15, -0.1) is 0 Å². The number of hydrogen-bond donors (Lipinski definition) is 1. The summed E-state index contributed by atoms with van der Waals surface area (Å²) < 4.78 is 5.19. The first-order valence-corrected chi connectivity index (χ1v) is 7.56. The quantitative estimate of drug-likeness (QED) is 0.666. The molecule has 0 aliphatic rings. The Morgan fingerprint density at radius 1 is 1.22 bits per heavy atom. The third kappa shape index (κ3) is 5.26. The Labute approximate surface area is 112 Å². The predicted molar refractivity (Wildman–Crippen MR) is 77.8 cm³/mol. The van der Waals surface area contributed by atoms with Crippen LogP contribution in [0.3, 0.4) is 0 Å². The Morgan fingerprint density at radius 2 is 2.06 bits per heavy atom. The van der Waals surface area contributed by atoms with E-state index in [9.17, 15) is 0 Å². The SMILES string of the molecule is CCCCC(CC)C(Cc1ccoc1)NCCC. The van der Waals surface area contributed by atoms with E-state index in [1.54, 1.807) is 6.26 Å². The molecule has 0 amide bonds. The van der Waals surface area contributed by atoms with Crippen LogP contribution in [-0.2, 0) is 6.42 Å². The Balaban J connectivity index is 2.56. The van der Waals surface area contributed by atoms with Crippen LogP contribution in [0.25, 0.3) is 0 Å². The largest absolute Gasteiger partial charge is 0.472 e. The highest BCUT2D eigenvalue weighted by molar-refractivity contribution is 5.08. The van der Waals surface area contributed by atoms with E-state index in [4.69, 9.17) is 4.42 Å². The van der Waals surface area contributed by atoms with Crippen LogP contribution in [0, 0.1) is 5.92 Å². The van der Waals surface area contributed by atoms with Gasteiger partial charge in [0.2, 0.25) is 0 Å². The standard InChI is InChI=1S/C16H29NO/c1-4-7-8-15(6-3)16(17-10-5-2)12-14-9-11-18-13-14/h9,11,13,15-17H,4-8,10,12H2,1-3H3. The van der Waals surface area contributed by atoms with Crippen LogP contribution in [-0.4, -0.2) is 12.6 Å². The zero-order valence-corrected chi connectivity index (χ0v) is 12.2. The summed E-state index contributed by atoms with van der Waals surface area (Å²) in [6.45, 7) is 7.94. The molecule has 2 atom stereocenters. The number of hydrogen-bond acceptors (Lipinski definition) is 2. The molecule has 0 aromatic carbocycles. The van der Waals surface area contributed by atoms with Crippen molar-refractivity contribution in [2.24, 2.45) is 5.92 Å². The molecule has 1 heterocycles. The topological polar surface area (TPSA) is 25.2 Å². The maximum atomic E-state index is 5.19. The van der Waals surface area contributed by atoms with Crippen molar-refractivity contribution in [3.05, 3.63) is 24.2 Å². The molecule has 0 aliphatic heterocycles. The van der Waals surface area contributed by atoms with E-state index in [2.05, 4.69) is 32.2 Å². The van der Waals surface area contributed by atoms with E-state index in [1.807, 2.05) is 6.26 Å². The van der Waals surface area contributed by atoms with Crippen LogP contribution in [0.5, 0.6) is 0 Å². The van der Waals surface area contributed by atoms with E-state index >= 15 is 0 Å². The summed E-state index contributed by atoms with van der Waals surface area (Å²) >= 11 is 0. The van der Waals surface area contributed by atoms with Gasteiger partial charge >= 0.3 is 0 Å². The predicted octanol–water partition coefficient (Wildman–Crippen LogP) is 4.41. The van der Waals surface area contributed by atoms with E-state index in [-0.39, 0.29) is 0 Å². The van der Waals surface area contributed by atoms with Crippen molar-refractivity contribution < 1.29 is 4.42 Å². The monoisotopic (exact) mass is 251 g/mol. The highest BCUT2D eigenvalue weighted by Gasteiger charge is 2.19. The minimum Gasteiger partial charge on any atom is -0.472 e. The first-order valence-electron chi connectivity index (χ1n) is 7.56. The Hall–Kier alpha value is -0.760. The summed E-state index contributed by atoms with van der Waals surface area (Å²) in [5.74, 6) is 0.784. The lowest BCUT2D eigenvalue weighted by atomic mass is 9.88. The maximum Gasteiger partial charge on any atom is 0.0935 e. The molecule has 1 aromatic rings. The van der Waals surface area contributed by atoms with Gasteiger partial charge in [0.1, 0.15) is 0 Å². The lowest BCUT2D eigenvalue weighted by molar-refractivity contribution is 0.315. The zero-order valence-electron chi connectivity index (χ0n) is 12.2. The number of furan rings is 1. The second-order valence-corrected chi connectivity index (χ2v) is 5.21. The number of rotatable bonds is 10. The molecular weight excluding hydrogens is 222 g/mol. The second kappa shape index (κ2) is 9.21. The lowest BCUT2D eigenvalue weighted by Crippen LogP contribution is -2.38. The summed E-state index contributed by atoms with van der Waals surface area (Å²) in [6.07, 6.45) is 11.2. The molecule has 0 radical (unpaired) electrons. The molecule has 1 rings (SSSR count). The van der Waals surface area contributed by atoms with Crippen LogP contribution in [0.2, 0.25) is 0 Å². The van der Waals surface area contributed by atoms with E-state index < -0.39 is 0 Å². The fraction of sp³-hybridized carbons (Fsp3) is 0.750. The van der Waals surface area contributed by atoms with E-state index in [0.717, 1.165) is 18.9 Å². The van der Waals surface area contributed by atoms with Crippen molar-refractivity contribution in [2.75, 3.05) is 6.54 Å². The minimum atomic E-state index is 0.596. The summed E-state index contributed by atoms with van der Waals surface area (Å²) in [4.78, 5) is 0. The average Bonchev–Trinajstić information content (AvgIpc) is 2.89. The molecule has 18 heavy (non-hydrogen) atoms. The van der Waals surface area contributed by atoms with E-state index in [0.29, 0.717) is 6.04 Å². The van der Waals surface area contributed by atoms with Gasteiger partial charge in [-0.2, -0.15) is 0 Å². The molecule has 0 aliphatic carbocycles. The van der Waals surface area contributed by atoms with Crippen LogP contribution in [0.15, 0.2) is 23.0 Å². The zero-order chi connectivity index (χ0) is 13.2. The van der Waals surface area contributed by atoms with E-state index in [1.165, 1.54) is 37.7 Å². The highest BCUT2D eigenvalue weighted by atomic mass is 16.3. The van der Waals surface area contributed by atoms with Crippen molar-refractivity contribution in [2.45, 2.75) is 65.3 Å². The Morgan fingerprint density at radius 3 is 2.61 bits per heavy atom. The summed E-state index contributed by atoms with van der Waals surface area (Å²) in [6, 6.07) is 2.69. The first-order chi connectivity index (χ1) is 8.81. The minimum absolute atomic E-state index is 0.596. The van der Waals surface area contributed by atoms with Gasteiger partial charge in [-0.1, -0.05) is 40.0 Å². The van der Waals surface area contributed by atoms with Crippen LogP contribution in [0.1, 0.15) is 58.4 Å². The highest BCUT2D eigenvalue weighted by Crippen LogP contribution is 2.20. The summed E-state index contributed by atoms with van der Waals surface area (Å²) in [5, 5.41) is 3.73. The Bertz CT molecular complexity index is 281. The van der Waals surface area contributed by atoms with Gasteiger partial charge in [0.05, 0.1) is 12.5 Å². The van der Waals surface area contributed by atoms with Crippen molar-refractivity contribution in [3.63, 3.8) is 0 Å². The summed E-state index contributed by atoms with van der Waals surface area (Å²) in [5.41, 5.74) is 1.32. The second-order valence-electron chi connectivity index (χ2n) is 5.21. The molecule has 0 saturated carbocycles. The fourth-order valence-electron chi connectivity index (χ4n) is 2.55. The van der Waals surface area contributed by atoms with Gasteiger partial charge in [0, 0.05) is 6.04 Å². The van der Waals surface area contributed by atoms with Crippen LogP contribution >= 0.6 is 0 Å². The molecular formula is C16H29NO. The maximum absolute atomic E-state index is 5.19. The van der Waals surface area contributed by atoms with Crippen LogP contribution < -0.4 is 5.32 Å². The molecule has 2 nitrogen and oxygen atoms in total. The molecule has 1 aromatic heterocycles. The molecule has 0 bridgehead atoms.